The fourth-order valence-electron chi connectivity index (χ4n) is 3.44. The van der Waals surface area contributed by atoms with E-state index in [4.69, 9.17) is 0 Å². The number of thioether (sulfide) groups is 1. The molecule has 3 nitrogen and oxygen atoms in total. The van der Waals surface area contributed by atoms with Gasteiger partial charge in [0.1, 0.15) is 0 Å². The molecule has 16 heavy (non-hydrogen) atoms. The summed E-state index contributed by atoms with van der Waals surface area (Å²) >= 11 is 2.10. The van der Waals surface area contributed by atoms with E-state index in [-0.39, 0.29) is 0 Å². The molecule has 0 aromatic heterocycles. The van der Waals surface area contributed by atoms with Crippen LogP contribution >= 0.6 is 11.8 Å². The molecule has 0 bridgehead atoms. The minimum absolute atomic E-state index is 0.627. The highest BCUT2D eigenvalue weighted by atomic mass is 32.2. The van der Waals surface area contributed by atoms with Gasteiger partial charge in [0, 0.05) is 31.9 Å². The van der Waals surface area contributed by atoms with Gasteiger partial charge < -0.3 is 15.5 Å². The normalized spacial score (nSPS) is 40.9. The van der Waals surface area contributed by atoms with Crippen molar-refractivity contribution in [3.05, 3.63) is 0 Å². The zero-order chi connectivity index (χ0) is 10.8. The second kappa shape index (κ2) is 4.84. The Labute approximate surface area is 103 Å². The third-order valence-corrected chi connectivity index (χ3v) is 5.45. The van der Waals surface area contributed by atoms with E-state index in [0.717, 1.165) is 0 Å². The number of nitrogens with zero attached hydrogens (tertiary/aromatic N) is 1. The Morgan fingerprint density at radius 2 is 2.31 bits per heavy atom. The molecule has 2 atom stereocenters. The number of likely N-dealkylation sites (tertiary alicyclic amines) is 1. The van der Waals surface area contributed by atoms with E-state index in [2.05, 4.69) is 27.3 Å². The predicted octanol–water partition coefficient (Wildman–Crippen LogP) is 0.724. The summed E-state index contributed by atoms with van der Waals surface area (Å²) in [4.78, 5) is 2.70. The second-order valence-electron chi connectivity index (χ2n) is 5.58. The van der Waals surface area contributed by atoms with Crippen molar-refractivity contribution in [3.8, 4) is 0 Å². The molecule has 4 heteroatoms. The average molecular weight is 241 g/mol. The number of hydrogen-bond acceptors (Lipinski definition) is 4. The van der Waals surface area contributed by atoms with Gasteiger partial charge >= 0.3 is 0 Å². The molecule has 0 radical (unpaired) electrons. The molecular weight excluding hydrogens is 218 g/mol. The summed E-state index contributed by atoms with van der Waals surface area (Å²) in [6.45, 7) is 7.61. The summed E-state index contributed by atoms with van der Waals surface area (Å²) < 4.78 is 0. The summed E-state index contributed by atoms with van der Waals surface area (Å²) in [6.07, 6.45) is 4.25. The van der Waals surface area contributed by atoms with E-state index in [1.165, 1.54) is 64.3 Å². The minimum Gasteiger partial charge on any atom is -0.316 e. The van der Waals surface area contributed by atoms with E-state index < -0.39 is 0 Å². The average Bonchev–Trinajstić information content (AvgIpc) is 2.91. The lowest BCUT2D eigenvalue weighted by Gasteiger charge is -2.40. The Morgan fingerprint density at radius 1 is 1.31 bits per heavy atom. The quantitative estimate of drug-likeness (QED) is 0.745. The van der Waals surface area contributed by atoms with Crippen LogP contribution in [0.15, 0.2) is 0 Å². The first-order valence-corrected chi connectivity index (χ1v) is 7.69. The van der Waals surface area contributed by atoms with Gasteiger partial charge in [0.25, 0.3) is 0 Å². The molecule has 2 unspecified atom stereocenters. The summed E-state index contributed by atoms with van der Waals surface area (Å²) in [5.74, 6) is 1.30. The van der Waals surface area contributed by atoms with Gasteiger partial charge in [-0.25, -0.2) is 0 Å². The maximum atomic E-state index is 3.59. The highest BCUT2D eigenvalue weighted by molar-refractivity contribution is 8.00. The van der Waals surface area contributed by atoms with Gasteiger partial charge in [-0.05, 0) is 37.8 Å². The van der Waals surface area contributed by atoms with E-state index in [0.29, 0.717) is 10.8 Å². The van der Waals surface area contributed by atoms with Crippen molar-refractivity contribution in [3.63, 3.8) is 0 Å². The lowest BCUT2D eigenvalue weighted by atomic mass is 9.79. The first kappa shape index (κ1) is 11.3. The molecule has 3 heterocycles. The predicted molar refractivity (Wildman–Crippen MR) is 69.8 cm³/mol. The second-order valence-corrected chi connectivity index (χ2v) is 6.89. The first-order valence-electron chi connectivity index (χ1n) is 6.64. The minimum atomic E-state index is 0.627. The molecule has 0 aliphatic carbocycles. The Bertz CT molecular complexity index is 234. The maximum absolute atomic E-state index is 3.59. The van der Waals surface area contributed by atoms with Crippen molar-refractivity contribution < 1.29 is 0 Å². The Hall–Kier alpha value is 0.230. The van der Waals surface area contributed by atoms with Gasteiger partial charge in [-0.3, -0.25) is 0 Å². The SMILES string of the molecule is C1CN(CC2NCCS2)CC2(C1)CCNC2. The molecular formula is C12H23N3S. The van der Waals surface area contributed by atoms with Gasteiger partial charge in [0.05, 0.1) is 5.37 Å². The van der Waals surface area contributed by atoms with Crippen molar-refractivity contribution in [2.75, 3.05) is 45.0 Å². The third kappa shape index (κ3) is 2.40. The molecule has 0 amide bonds. The largest absolute Gasteiger partial charge is 0.316 e. The Morgan fingerprint density at radius 3 is 3.06 bits per heavy atom. The van der Waals surface area contributed by atoms with Crippen molar-refractivity contribution in [2.24, 2.45) is 5.41 Å². The standard InChI is InChI=1S/C12H23N3S/c1-2-12(3-4-13-9-12)10-15(6-1)8-11-14-5-7-16-11/h11,13-14H,1-10H2. The van der Waals surface area contributed by atoms with Crippen LogP contribution in [0.3, 0.4) is 0 Å². The smallest absolute Gasteiger partial charge is 0.0661 e. The number of hydrogen-bond donors (Lipinski definition) is 2. The van der Waals surface area contributed by atoms with Crippen molar-refractivity contribution >= 4 is 11.8 Å². The summed E-state index contributed by atoms with van der Waals surface area (Å²) in [5, 5.41) is 7.84. The van der Waals surface area contributed by atoms with Crippen LogP contribution in [0.2, 0.25) is 0 Å². The first-order chi connectivity index (χ1) is 7.86. The van der Waals surface area contributed by atoms with Gasteiger partial charge in [-0.2, -0.15) is 0 Å². The van der Waals surface area contributed by atoms with Crippen molar-refractivity contribution in [1.29, 1.82) is 0 Å². The van der Waals surface area contributed by atoms with E-state index >= 15 is 0 Å². The highest BCUT2D eigenvalue weighted by Crippen LogP contribution is 2.35. The van der Waals surface area contributed by atoms with E-state index in [1.807, 2.05) is 0 Å². The number of piperidine rings is 1. The summed E-state index contributed by atoms with van der Waals surface area (Å²) in [7, 11) is 0. The number of nitrogens with one attached hydrogen (secondary N) is 2. The fourth-order valence-corrected chi connectivity index (χ4v) is 4.51. The van der Waals surface area contributed by atoms with Crippen LogP contribution in [0.4, 0.5) is 0 Å². The molecule has 3 aliphatic rings. The molecule has 92 valence electrons. The zero-order valence-electron chi connectivity index (χ0n) is 10.0. The van der Waals surface area contributed by atoms with Crippen molar-refractivity contribution in [2.45, 2.75) is 24.6 Å². The van der Waals surface area contributed by atoms with E-state index in [9.17, 15) is 0 Å². The lowest BCUT2D eigenvalue weighted by Crippen LogP contribution is -2.47. The van der Waals surface area contributed by atoms with Gasteiger partial charge in [-0.15, -0.1) is 11.8 Å². The Balaban J connectivity index is 1.55. The lowest BCUT2D eigenvalue weighted by molar-refractivity contribution is 0.103. The van der Waals surface area contributed by atoms with Crippen LogP contribution in [0, 0.1) is 5.41 Å². The monoisotopic (exact) mass is 241 g/mol. The van der Waals surface area contributed by atoms with Crippen LogP contribution in [0.1, 0.15) is 19.3 Å². The molecule has 3 saturated heterocycles. The van der Waals surface area contributed by atoms with Gasteiger partial charge in [0.15, 0.2) is 0 Å². The van der Waals surface area contributed by atoms with Crippen LogP contribution < -0.4 is 10.6 Å². The topological polar surface area (TPSA) is 27.3 Å². The zero-order valence-corrected chi connectivity index (χ0v) is 10.8. The van der Waals surface area contributed by atoms with Crippen LogP contribution in [0.25, 0.3) is 0 Å². The molecule has 3 fully saturated rings. The number of rotatable bonds is 2. The highest BCUT2D eigenvalue weighted by Gasteiger charge is 2.38. The fraction of sp³-hybridized carbons (Fsp3) is 1.00. The molecule has 0 aromatic carbocycles. The molecule has 1 spiro atoms. The molecule has 0 aromatic rings. The van der Waals surface area contributed by atoms with Gasteiger partial charge in [0.2, 0.25) is 0 Å². The summed E-state index contributed by atoms with van der Waals surface area (Å²) in [5.41, 5.74) is 0.627. The molecule has 3 rings (SSSR count). The molecule has 0 saturated carbocycles. The van der Waals surface area contributed by atoms with Crippen LogP contribution in [-0.4, -0.2) is 55.3 Å². The maximum Gasteiger partial charge on any atom is 0.0661 e. The van der Waals surface area contributed by atoms with Gasteiger partial charge in [-0.1, -0.05) is 0 Å². The third-order valence-electron chi connectivity index (χ3n) is 4.29. The molecule has 2 N–H and O–H groups in total. The van der Waals surface area contributed by atoms with Crippen molar-refractivity contribution in [1.82, 2.24) is 15.5 Å². The summed E-state index contributed by atoms with van der Waals surface area (Å²) in [6, 6.07) is 0. The molecule has 3 aliphatic heterocycles. The van der Waals surface area contributed by atoms with E-state index in [1.54, 1.807) is 0 Å². The Kier molecular flexibility index (Phi) is 3.43. The van der Waals surface area contributed by atoms with Crippen LogP contribution in [-0.2, 0) is 0 Å². The van der Waals surface area contributed by atoms with Crippen LogP contribution in [0.5, 0.6) is 0 Å².